The second-order valence-electron chi connectivity index (χ2n) is 7.49. The SMILES string of the molecule is CCC(C)(C)c1ccc(OC(CO)C(N)C(C)(C)C)cc1. The van der Waals surface area contributed by atoms with Crippen molar-refractivity contribution in [1.29, 1.82) is 0 Å². The predicted octanol–water partition coefficient (Wildman–Crippen LogP) is 3.49. The normalized spacial score (nSPS) is 15.6. The van der Waals surface area contributed by atoms with Crippen molar-refractivity contribution in [3.8, 4) is 5.75 Å². The van der Waals surface area contributed by atoms with E-state index in [1.54, 1.807) is 0 Å². The number of ether oxygens (including phenoxy) is 1. The third-order valence-corrected chi connectivity index (χ3v) is 4.39. The molecule has 120 valence electrons. The molecule has 3 N–H and O–H groups in total. The fourth-order valence-electron chi connectivity index (χ4n) is 2.15. The molecule has 2 atom stereocenters. The van der Waals surface area contributed by atoms with Gasteiger partial charge >= 0.3 is 0 Å². The summed E-state index contributed by atoms with van der Waals surface area (Å²) in [4.78, 5) is 0. The smallest absolute Gasteiger partial charge is 0.137 e. The van der Waals surface area contributed by atoms with Gasteiger partial charge in [-0.15, -0.1) is 0 Å². The van der Waals surface area contributed by atoms with Crippen molar-refractivity contribution in [2.75, 3.05) is 6.61 Å². The highest BCUT2D eigenvalue weighted by molar-refractivity contribution is 5.31. The summed E-state index contributed by atoms with van der Waals surface area (Å²) in [5.74, 6) is 0.754. The molecule has 0 amide bonds. The zero-order valence-corrected chi connectivity index (χ0v) is 14.3. The Labute approximate surface area is 129 Å². The number of hydrogen-bond donors (Lipinski definition) is 2. The molecule has 2 unspecified atom stereocenters. The molecule has 0 aromatic heterocycles. The lowest BCUT2D eigenvalue weighted by atomic mass is 9.82. The van der Waals surface area contributed by atoms with E-state index in [2.05, 4.69) is 53.7 Å². The Morgan fingerprint density at radius 3 is 2.00 bits per heavy atom. The van der Waals surface area contributed by atoms with Crippen molar-refractivity contribution in [2.24, 2.45) is 11.1 Å². The number of benzene rings is 1. The van der Waals surface area contributed by atoms with E-state index in [4.69, 9.17) is 10.5 Å². The van der Waals surface area contributed by atoms with Crippen molar-refractivity contribution in [1.82, 2.24) is 0 Å². The molecule has 0 aliphatic carbocycles. The minimum absolute atomic E-state index is 0.0827. The minimum Gasteiger partial charge on any atom is -0.486 e. The van der Waals surface area contributed by atoms with Crippen molar-refractivity contribution >= 4 is 0 Å². The van der Waals surface area contributed by atoms with E-state index >= 15 is 0 Å². The summed E-state index contributed by atoms with van der Waals surface area (Å²) >= 11 is 0. The van der Waals surface area contributed by atoms with Crippen LogP contribution >= 0.6 is 0 Å². The summed E-state index contributed by atoms with van der Waals surface area (Å²) in [6, 6.07) is 7.88. The Morgan fingerprint density at radius 2 is 1.62 bits per heavy atom. The maximum atomic E-state index is 9.54. The van der Waals surface area contributed by atoms with Crippen molar-refractivity contribution in [3.63, 3.8) is 0 Å². The molecular formula is C18H31NO2. The fourth-order valence-corrected chi connectivity index (χ4v) is 2.15. The van der Waals surface area contributed by atoms with Gasteiger partial charge in [-0.1, -0.05) is 53.7 Å². The summed E-state index contributed by atoms with van der Waals surface area (Å²) in [6.07, 6.45) is 0.691. The van der Waals surface area contributed by atoms with Crippen LogP contribution in [0.3, 0.4) is 0 Å². The monoisotopic (exact) mass is 293 g/mol. The van der Waals surface area contributed by atoms with Crippen LogP contribution in [-0.2, 0) is 5.41 Å². The highest BCUT2D eigenvalue weighted by atomic mass is 16.5. The summed E-state index contributed by atoms with van der Waals surface area (Å²) in [5.41, 5.74) is 7.53. The zero-order chi connectivity index (χ0) is 16.3. The van der Waals surface area contributed by atoms with Crippen LogP contribution in [0.2, 0.25) is 0 Å². The molecule has 0 aliphatic rings. The first-order valence-corrected chi connectivity index (χ1v) is 7.75. The van der Waals surface area contributed by atoms with Gasteiger partial charge in [-0.2, -0.15) is 0 Å². The fraction of sp³-hybridized carbons (Fsp3) is 0.667. The van der Waals surface area contributed by atoms with Crippen LogP contribution in [0.1, 0.15) is 53.5 Å². The average molecular weight is 293 g/mol. The van der Waals surface area contributed by atoms with Gasteiger partial charge in [0.15, 0.2) is 0 Å². The first-order chi connectivity index (χ1) is 9.61. The third-order valence-electron chi connectivity index (χ3n) is 4.39. The molecule has 21 heavy (non-hydrogen) atoms. The molecule has 0 aliphatic heterocycles. The molecule has 0 fully saturated rings. The molecule has 1 rings (SSSR count). The Morgan fingerprint density at radius 1 is 1.10 bits per heavy atom. The highest BCUT2D eigenvalue weighted by Gasteiger charge is 2.30. The lowest BCUT2D eigenvalue weighted by molar-refractivity contribution is 0.0591. The Kier molecular flexibility index (Phi) is 5.83. The predicted molar refractivity (Wildman–Crippen MR) is 88.7 cm³/mol. The van der Waals surface area contributed by atoms with E-state index in [0.717, 1.165) is 12.2 Å². The Hall–Kier alpha value is -1.06. The molecule has 0 bridgehead atoms. The van der Waals surface area contributed by atoms with Crippen LogP contribution < -0.4 is 10.5 Å². The van der Waals surface area contributed by atoms with Crippen LogP contribution in [0, 0.1) is 5.41 Å². The number of aliphatic hydroxyl groups excluding tert-OH is 1. The maximum absolute atomic E-state index is 9.54. The van der Waals surface area contributed by atoms with Gasteiger partial charge in [0.25, 0.3) is 0 Å². The van der Waals surface area contributed by atoms with Crippen LogP contribution in [0.25, 0.3) is 0 Å². The zero-order valence-electron chi connectivity index (χ0n) is 14.3. The van der Waals surface area contributed by atoms with Gasteiger partial charge in [-0.05, 0) is 34.9 Å². The molecule has 3 nitrogen and oxygen atoms in total. The second kappa shape index (κ2) is 6.80. The quantitative estimate of drug-likeness (QED) is 0.844. The summed E-state index contributed by atoms with van der Waals surface area (Å²) in [7, 11) is 0. The summed E-state index contributed by atoms with van der Waals surface area (Å²) in [5, 5.41) is 9.54. The molecule has 0 heterocycles. The molecule has 0 saturated carbocycles. The third kappa shape index (κ3) is 4.72. The van der Waals surface area contributed by atoms with Crippen LogP contribution in [0.4, 0.5) is 0 Å². The number of aliphatic hydroxyl groups is 1. The largest absolute Gasteiger partial charge is 0.486 e. The lowest BCUT2D eigenvalue weighted by Crippen LogP contribution is -2.49. The van der Waals surface area contributed by atoms with Gasteiger partial charge in [-0.3, -0.25) is 0 Å². The molecule has 0 saturated heterocycles. The minimum atomic E-state index is -0.393. The van der Waals surface area contributed by atoms with Gasteiger partial charge in [0.2, 0.25) is 0 Å². The van der Waals surface area contributed by atoms with E-state index in [9.17, 15) is 5.11 Å². The van der Waals surface area contributed by atoms with Crippen LogP contribution in [0.15, 0.2) is 24.3 Å². The molecule has 1 aromatic carbocycles. The molecule has 0 radical (unpaired) electrons. The Bertz CT molecular complexity index is 432. The topological polar surface area (TPSA) is 55.5 Å². The van der Waals surface area contributed by atoms with E-state index in [-0.39, 0.29) is 23.5 Å². The lowest BCUT2D eigenvalue weighted by Gasteiger charge is -2.33. The van der Waals surface area contributed by atoms with Gasteiger partial charge in [-0.25, -0.2) is 0 Å². The Balaban J connectivity index is 2.83. The molecule has 0 spiro atoms. The number of nitrogens with two attached hydrogens (primary N) is 1. The van der Waals surface area contributed by atoms with Gasteiger partial charge < -0.3 is 15.6 Å². The van der Waals surface area contributed by atoms with Gasteiger partial charge in [0.05, 0.1) is 6.61 Å². The molecule has 1 aromatic rings. The van der Waals surface area contributed by atoms with Gasteiger partial charge in [0.1, 0.15) is 11.9 Å². The van der Waals surface area contributed by atoms with E-state index in [1.165, 1.54) is 5.56 Å². The van der Waals surface area contributed by atoms with Gasteiger partial charge in [0, 0.05) is 6.04 Å². The average Bonchev–Trinajstić information content (AvgIpc) is 2.43. The highest BCUT2D eigenvalue weighted by Crippen LogP contribution is 2.29. The molecular weight excluding hydrogens is 262 g/mol. The summed E-state index contributed by atoms with van der Waals surface area (Å²) < 4.78 is 5.88. The van der Waals surface area contributed by atoms with Crippen molar-refractivity contribution in [3.05, 3.63) is 29.8 Å². The summed E-state index contributed by atoms with van der Waals surface area (Å²) in [6.45, 7) is 12.7. The van der Waals surface area contributed by atoms with Crippen LogP contribution in [-0.4, -0.2) is 23.9 Å². The first-order valence-electron chi connectivity index (χ1n) is 7.75. The second-order valence-corrected chi connectivity index (χ2v) is 7.49. The molecule has 3 heteroatoms. The maximum Gasteiger partial charge on any atom is 0.137 e. The standard InChI is InChI=1S/C18H31NO2/c1-7-18(5,6)13-8-10-14(11-9-13)21-15(12-20)16(19)17(2,3)4/h8-11,15-16,20H,7,12,19H2,1-6H3. The first kappa shape index (κ1) is 18.0. The number of rotatable bonds is 6. The van der Waals surface area contributed by atoms with Crippen LogP contribution in [0.5, 0.6) is 5.75 Å². The van der Waals surface area contributed by atoms with E-state index in [1.807, 2.05) is 12.1 Å². The van der Waals surface area contributed by atoms with E-state index < -0.39 is 6.10 Å². The van der Waals surface area contributed by atoms with Crippen molar-refractivity contribution in [2.45, 2.75) is 65.5 Å². The van der Waals surface area contributed by atoms with Crippen molar-refractivity contribution < 1.29 is 9.84 Å². The number of hydrogen-bond acceptors (Lipinski definition) is 3. The van der Waals surface area contributed by atoms with E-state index in [0.29, 0.717) is 0 Å².